The molecule has 0 aliphatic heterocycles. The molecule has 0 saturated carbocycles. The van der Waals surface area contributed by atoms with Crippen LogP contribution in [0.3, 0.4) is 0 Å². The van der Waals surface area contributed by atoms with Crippen LogP contribution in [0.15, 0.2) is 77.7 Å². The number of anilines is 1. The average molecular weight is 605 g/mol. The van der Waals surface area contributed by atoms with Crippen molar-refractivity contribution in [1.29, 1.82) is 0 Å². The predicted octanol–water partition coefficient (Wildman–Crippen LogP) is 6.22. The molecule has 1 N–H and O–H groups in total. The first-order valence-electron chi connectivity index (χ1n) is 13.2. The van der Waals surface area contributed by atoms with Crippen molar-refractivity contribution in [3.63, 3.8) is 0 Å². The zero-order chi connectivity index (χ0) is 29.3. The second kappa shape index (κ2) is 14.5. The van der Waals surface area contributed by atoms with Crippen molar-refractivity contribution in [2.75, 3.05) is 17.4 Å². The number of carbonyl (C=O) groups is 2. The zero-order valence-electron chi connectivity index (χ0n) is 22.9. The molecule has 1 atom stereocenters. The van der Waals surface area contributed by atoms with Gasteiger partial charge in [0.15, 0.2) is 0 Å². The van der Waals surface area contributed by atoms with Crippen molar-refractivity contribution >= 4 is 50.7 Å². The average Bonchev–Trinajstić information content (AvgIpc) is 2.93. The van der Waals surface area contributed by atoms with Crippen LogP contribution in [-0.2, 0) is 26.2 Å². The molecule has 0 spiro atoms. The van der Waals surface area contributed by atoms with E-state index in [-0.39, 0.29) is 33.1 Å². The fourth-order valence-corrected chi connectivity index (χ4v) is 6.04. The molecule has 0 radical (unpaired) electrons. The molecule has 0 aromatic heterocycles. The van der Waals surface area contributed by atoms with E-state index in [9.17, 15) is 18.0 Å². The number of nitrogens with one attached hydrogen (secondary N) is 1. The van der Waals surface area contributed by atoms with Gasteiger partial charge in [-0.3, -0.25) is 13.9 Å². The molecule has 10 heteroatoms. The van der Waals surface area contributed by atoms with Gasteiger partial charge in [-0.1, -0.05) is 91.5 Å². The summed E-state index contributed by atoms with van der Waals surface area (Å²) in [6.45, 7) is 5.90. The Morgan fingerprint density at radius 2 is 1.65 bits per heavy atom. The third-order valence-electron chi connectivity index (χ3n) is 6.45. The molecular weight excluding hydrogens is 569 g/mol. The van der Waals surface area contributed by atoms with Crippen LogP contribution < -0.4 is 9.62 Å². The number of amides is 2. The summed E-state index contributed by atoms with van der Waals surface area (Å²) >= 11 is 12.4. The number of sulfonamides is 1. The van der Waals surface area contributed by atoms with Crippen molar-refractivity contribution in [3.05, 3.63) is 94.0 Å². The SMILES string of the molecule is CCCCNC(=O)[C@@H](CC)N(Cc1cccc(C)c1)C(=O)CN(c1ccc(Cl)c(Cl)c1)S(=O)(=O)c1ccccc1. The number of hydrogen-bond donors (Lipinski definition) is 1. The van der Waals surface area contributed by atoms with E-state index in [1.165, 1.54) is 35.2 Å². The summed E-state index contributed by atoms with van der Waals surface area (Å²) in [4.78, 5) is 28.8. The Labute approximate surface area is 247 Å². The van der Waals surface area contributed by atoms with E-state index in [4.69, 9.17) is 23.2 Å². The lowest BCUT2D eigenvalue weighted by atomic mass is 10.1. The lowest BCUT2D eigenvalue weighted by Gasteiger charge is -2.33. The highest BCUT2D eigenvalue weighted by molar-refractivity contribution is 7.92. The Balaban J connectivity index is 2.05. The number of carbonyl (C=O) groups excluding carboxylic acids is 2. The minimum Gasteiger partial charge on any atom is -0.354 e. The van der Waals surface area contributed by atoms with Gasteiger partial charge in [-0.05, 0) is 55.7 Å². The largest absolute Gasteiger partial charge is 0.354 e. The van der Waals surface area contributed by atoms with Crippen LogP contribution in [0.5, 0.6) is 0 Å². The van der Waals surface area contributed by atoms with Crippen LogP contribution in [0.25, 0.3) is 0 Å². The van der Waals surface area contributed by atoms with E-state index < -0.39 is 28.5 Å². The van der Waals surface area contributed by atoms with Crippen LogP contribution in [0.2, 0.25) is 10.0 Å². The van der Waals surface area contributed by atoms with Crippen LogP contribution in [-0.4, -0.2) is 44.3 Å². The molecule has 0 aliphatic carbocycles. The molecule has 7 nitrogen and oxygen atoms in total. The van der Waals surface area contributed by atoms with Gasteiger partial charge in [-0.15, -0.1) is 0 Å². The van der Waals surface area contributed by atoms with E-state index >= 15 is 0 Å². The summed E-state index contributed by atoms with van der Waals surface area (Å²) in [5, 5.41) is 3.33. The maximum atomic E-state index is 14.1. The first-order valence-corrected chi connectivity index (χ1v) is 15.4. The number of unbranched alkanes of at least 4 members (excludes halogenated alkanes) is 1. The lowest BCUT2D eigenvalue weighted by molar-refractivity contribution is -0.140. The van der Waals surface area contributed by atoms with Crippen molar-refractivity contribution < 1.29 is 18.0 Å². The van der Waals surface area contributed by atoms with E-state index in [0.29, 0.717) is 13.0 Å². The highest BCUT2D eigenvalue weighted by atomic mass is 35.5. The highest BCUT2D eigenvalue weighted by Crippen LogP contribution is 2.31. The van der Waals surface area contributed by atoms with Crippen molar-refractivity contribution in [2.24, 2.45) is 0 Å². The third-order valence-corrected chi connectivity index (χ3v) is 8.98. The molecule has 40 heavy (non-hydrogen) atoms. The molecule has 0 bridgehead atoms. The molecule has 214 valence electrons. The van der Waals surface area contributed by atoms with Gasteiger partial charge in [0, 0.05) is 13.1 Å². The molecule has 0 fully saturated rings. The third kappa shape index (κ3) is 7.99. The predicted molar refractivity (Wildman–Crippen MR) is 161 cm³/mol. The maximum absolute atomic E-state index is 14.1. The van der Waals surface area contributed by atoms with E-state index in [0.717, 1.165) is 28.3 Å². The van der Waals surface area contributed by atoms with Gasteiger partial charge >= 0.3 is 0 Å². The number of aryl methyl sites for hydroxylation is 1. The minimum absolute atomic E-state index is 0.0171. The van der Waals surface area contributed by atoms with Gasteiger partial charge in [-0.2, -0.15) is 0 Å². The number of nitrogens with zero attached hydrogens (tertiary/aromatic N) is 2. The second-order valence-electron chi connectivity index (χ2n) is 9.50. The fraction of sp³-hybridized carbons (Fsp3) is 0.333. The molecule has 0 unspecified atom stereocenters. The molecule has 0 saturated heterocycles. The normalized spacial score (nSPS) is 12.0. The fourth-order valence-electron chi connectivity index (χ4n) is 4.32. The van der Waals surface area contributed by atoms with E-state index in [1.807, 2.05) is 45.0 Å². The topological polar surface area (TPSA) is 86.8 Å². The van der Waals surface area contributed by atoms with Crippen LogP contribution >= 0.6 is 23.2 Å². The summed E-state index contributed by atoms with van der Waals surface area (Å²) < 4.78 is 28.7. The second-order valence-corrected chi connectivity index (χ2v) is 12.2. The number of rotatable bonds is 13. The van der Waals surface area contributed by atoms with Crippen molar-refractivity contribution in [2.45, 2.75) is 57.5 Å². The van der Waals surface area contributed by atoms with Crippen molar-refractivity contribution in [3.8, 4) is 0 Å². The summed E-state index contributed by atoms with van der Waals surface area (Å²) in [7, 11) is -4.18. The highest BCUT2D eigenvalue weighted by Gasteiger charge is 2.33. The van der Waals surface area contributed by atoms with Gasteiger partial charge in [0.2, 0.25) is 11.8 Å². The summed E-state index contributed by atoms with van der Waals surface area (Å²) in [5.41, 5.74) is 2.03. The monoisotopic (exact) mass is 603 g/mol. The van der Waals surface area contributed by atoms with Crippen molar-refractivity contribution in [1.82, 2.24) is 10.2 Å². The minimum atomic E-state index is -4.18. The number of benzene rings is 3. The molecule has 2 amide bonds. The van der Waals surface area contributed by atoms with E-state index in [2.05, 4.69) is 5.32 Å². The molecule has 3 aromatic rings. The van der Waals surface area contributed by atoms with Gasteiger partial charge in [-0.25, -0.2) is 8.42 Å². The summed E-state index contributed by atoms with van der Waals surface area (Å²) in [5.74, 6) is -0.798. The van der Waals surface area contributed by atoms with E-state index in [1.54, 1.807) is 18.2 Å². The molecule has 0 heterocycles. The Morgan fingerprint density at radius 3 is 2.27 bits per heavy atom. The van der Waals surface area contributed by atoms with Crippen LogP contribution in [0.1, 0.15) is 44.2 Å². The van der Waals surface area contributed by atoms with Gasteiger partial charge in [0.05, 0.1) is 20.6 Å². The Hall–Kier alpha value is -3.07. The lowest BCUT2D eigenvalue weighted by Crippen LogP contribution is -2.52. The first-order chi connectivity index (χ1) is 19.1. The standard InChI is InChI=1S/C30H35Cl2N3O4S/c1-4-6-17-33-30(37)28(5-2)34(20-23-12-10-11-22(3)18-23)29(36)21-35(24-15-16-26(31)27(32)19-24)40(38,39)25-13-8-7-9-14-25/h7-16,18-19,28H,4-6,17,20-21H2,1-3H3,(H,33,37)/t28-/m1/s1. The Bertz CT molecular complexity index is 1420. The number of hydrogen-bond acceptors (Lipinski definition) is 4. The molecule has 0 aliphatic rings. The van der Waals surface area contributed by atoms with Crippen LogP contribution in [0, 0.1) is 6.92 Å². The Morgan fingerprint density at radius 1 is 0.925 bits per heavy atom. The Kier molecular flexibility index (Phi) is 11.4. The smallest absolute Gasteiger partial charge is 0.264 e. The summed E-state index contributed by atoms with van der Waals surface area (Å²) in [6.07, 6.45) is 2.08. The quantitative estimate of drug-likeness (QED) is 0.235. The van der Waals surface area contributed by atoms with Gasteiger partial charge in [0.25, 0.3) is 10.0 Å². The molecular formula is C30H35Cl2N3O4S. The van der Waals surface area contributed by atoms with Gasteiger partial charge < -0.3 is 10.2 Å². The zero-order valence-corrected chi connectivity index (χ0v) is 25.3. The maximum Gasteiger partial charge on any atom is 0.264 e. The van der Waals surface area contributed by atoms with Gasteiger partial charge in [0.1, 0.15) is 12.6 Å². The summed E-state index contributed by atoms with van der Waals surface area (Å²) in [6, 6.07) is 19.1. The number of halogens is 2. The first kappa shape index (κ1) is 31.5. The van der Waals surface area contributed by atoms with Crippen LogP contribution in [0.4, 0.5) is 5.69 Å². The molecule has 3 rings (SSSR count). The molecule has 3 aromatic carbocycles.